The van der Waals surface area contributed by atoms with Crippen LogP contribution in [-0.4, -0.2) is 32.6 Å². The van der Waals surface area contributed by atoms with Crippen molar-refractivity contribution in [3.8, 4) is 5.75 Å². The average Bonchev–Trinajstić information content (AvgIpc) is 2.40. The van der Waals surface area contributed by atoms with Gasteiger partial charge in [0.2, 0.25) is 0 Å². The SMILES string of the molecule is O=C(NC1(C(=O)O)CCCCC1)c1ccncc1O. The van der Waals surface area contributed by atoms with Gasteiger partial charge in [0.25, 0.3) is 5.91 Å². The summed E-state index contributed by atoms with van der Waals surface area (Å²) in [6, 6.07) is 1.36. The molecule has 6 nitrogen and oxygen atoms in total. The zero-order chi connectivity index (χ0) is 13.9. The maximum Gasteiger partial charge on any atom is 0.329 e. The first-order chi connectivity index (χ1) is 9.05. The molecular weight excluding hydrogens is 248 g/mol. The van der Waals surface area contributed by atoms with E-state index in [1.54, 1.807) is 0 Å². The molecule has 0 radical (unpaired) electrons. The molecule has 1 heterocycles. The number of hydrogen-bond donors (Lipinski definition) is 3. The quantitative estimate of drug-likeness (QED) is 0.764. The van der Waals surface area contributed by atoms with Gasteiger partial charge in [0, 0.05) is 6.20 Å². The van der Waals surface area contributed by atoms with Crippen molar-refractivity contribution in [2.45, 2.75) is 37.6 Å². The average molecular weight is 264 g/mol. The highest BCUT2D eigenvalue weighted by Crippen LogP contribution is 2.29. The Bertz CT molecular complexity index is 495. The number of carbonyl (C=O) groups is 2. The smallest absolute Gasteiger partial charge is 0.329 e. The fourth-order valence-corrected chi connectivity index (χ4v) is 2.41. The molecule has 102 valence electrons. The summed E-state index contributed by atoms with van der Waals surface area (Å²) in [5, 5.41) is 21.5. The first-order valence-electron chi connectivity index (χ1n) is 6.24. The van der Waals surface area contributed by atoms with Crippen LogP contribution in [0.4, 0.5) is 0 Å². The zero-order valence-corrected chi connectivity index (χ0v) is 10.4. The maximum atomic E-state index is 12.1. The van der Waals surface area contributed by atoms with Crippen LogP contribution in [0.25, 0.3) is 0 Å². The molecular formula is C13H16N2O4. The topological polar surface area (TPSA) is 99.5 Å². The molecule has 1 aliphatic rings. The fraction of sp³-hybridized carbons (Fsp3) is 0.462. The molecule has 0 bridgehead atoms. The Labute approximate surface area is 110 Å². The van der Waals surface area contributed by atoms with Crippen molar-refractivity contribution < 1.29 is 19.8 Å². The summed E-state index contributed by atoms with van der Waals surface area (Å²) in [5.41, 5.74) is -1.17. The van der Waals surface area contributed by atoms with Crippen molar-refractivity contribution in [2.75, 3.05) is 0 Å². The van der Waals surface area contributed by atoms with Crippen LogP contribution in [-0.2, 0) is 4.79 Å². The molecule has 1 aliphatic carbocycles. The number of nitrogens with one attached hydrogen (secondary N) is 1. The molecule has 6 heteroatoms. The molecule has 1 aromatic heterocycles. The first-order valence-corrected chi connectivity index (χ1v) is 6.24. The van der Waals surface area contributed by atoms with Crippen LogP contribution in [0.15, 0.2) is 18.5 Å². The zero-order valence-electron chi connectivity index (χ0n) is 10.4. The lowest BCUT2D eigenvalue weighted by atomic mass is 9.81. The van der Waals surface area contributed by atoms with Crippen LogP contribution in [0.3, 0.4) is 0 Å². The summed E-state index contributed by atoms with van der Waals surface area (Å²) in [6.45, 7) is 0. The standard InChI is InChI=1S/C13H16N2O4/c16-10-8-14-7-4-9(10)11(17)15-13(12(18)19)5-2-1-3-6-13/h4,7-8,16H,1-3,5-6H2,(H,15,17)(H,18,19). The van der Waals surface area contributed by atoms with Crippen molar-refractivity contribution in [3.63, 3.8) is 0 Å². The number of carboxylic acids is 1. The second-order valence-corrected chi connectivity index (χ2v) is 4.79. The van der Waals surface area contributed by atoms with Crippen LogP contribution in [0, 0.1) is 0 Å². The van der Waals surface area contributed by atoms with E-state index >= 15 is 0 Å². The van der Waals surface area contributed by atoms with E-state index in [2.05, 4.69) is 10.3 Å². The number of amides is 1. The van der Waals surface area contributed by atoms with Gasteiger partial charge in [-0.2, -0.15) is 0 Å². The van der Waals surface area contributed by atoms with E-state index in [-0.39, 0.29) is 11.3 Å². The molecule has 2 rings (SSSR count). The lowest BCUT2D eigenvalue weighted by molar-refractivity contribution is -0.145. The second kappa shape index (κ2) is 5.26. The van der Waals surface area contributed by atoms with E-state index in [1.165, 1.54) is 12.3 Å². The highest BCUT2D eigenvalue weighted by atomic mass is 16.4. The summed E-state index contributed by atoms with van der Waals surface area (Å²) < 4.78 is 0. The molecule has 0 aromatic carbocycles. The van der Waals surface area contributed by atoms with Gasteiger partial charge in [-0.1, -0.05) is 19.3 Å². The molecule has 0 atom stereocenters. The minimum atomic E-state index is -1.22. The van der Waals surface area contributed by atoms with E-state index in [0.29, 0.717) is 12.8 Å². The predicted molar refractivity (Wildman–Crippen MR) is 66.8 cm³/mol. The molecule has 1 amide bonds. The Balaban J connectivity index is 2.20. The molecule has 1 fully saturated rings. The molecule has 0 spiro atoms. The summed E-state index contributed by atoms with van der Waals surface area (Å²) in [4.78, 5) is 27.2. The number of carbonyl (C=O) groups excluding carboxylic acids is 1. The minimum Gasteiger partial charge on any atom is -0.505 e. The Morgan fingerprint density at radius 1 is 1.26 bits per heavy atom. The van der Waals surface area contributed by atoms with Gasteiger partial charge >= 0.3 is 5.97 Å². The van der Waals surface area contributed by atoms with Crippen molar-refractivity contribution in [2.24, 2.45) is 0 Å². The molecule has 1 aromatic rings. The highest BCUT2D eigenvalue weighted by molar-refractivity contribution is 5.99. The lowest BCUT2D eigenvalue weighted by Crippen LogP contribution is -2.55. The van der Waals surface area contributed by atoms with Gasteiger partial charge in [-0.25, -0.2) is 4.79 Å². The summed E-state index contributed by atoms with van der Waals surface area (Å²) in [7, 11) is 0. The number of hydrogen-bond acceptors (Lipinski definition) is 4. The van der Waals surface area contributed by atoms with E-state index in [1.807, 2.05) is 0 Å². The normalized spacial score (nSPS) is 17.7. The third-order valence-corrected chi connectivity index (χ3v) is 3.51. The van der Waals surface area contributed by atoms with Gasteiger partial charge in [-0.05, 0) is 18.9 Å². The Hall–Kier alpha value is -2.11. The number of pyridine rings is 1. The maximum absolute atomic E-state index is 12.1. The Morgan fingerprint density at radius 3 is 2.53 bits per heavy atom. The largest absolute Gasteiger partial charge is 0.505 e. The highest BCUT2D eigenvalue weighted by Gasteiger charge is 2.41. The third-order valence-electron chi connectivity index (χ3n) is 3.51. The number of aromatic nitrogens is 1. The van der Waals surface area contributed by atoms with Gasteiger partial charge in [-0.15, -0.1) is 0 Å². The van der Waals surface area contributed by atoms with E-state index in [0.717, 1.165) is 25.5 Å². The van der Waals surface area contributed by atoms with Gasteiger partial charge in [-0.3, -0.25) is 9.78 Å². The number of nitrogens with zero attached hydrogens (tertiary/aromatic N) is 1. The fourth-order valence-electron chi connectivity index (χ4n) is 2.41. The molecule has 0 saturated heterocycles. The van der Waals surface area contributed by atoms with Gasteiger partial charge < -0.3 is 15.5 Å². The van der Waals surface area contributed by atoms with Crippen LogP contribution < -0.4 is 5.32 Å². The molecule has 0 aliphatic heterocycles. The molecule has 19 heavy (non-hydrogen) atoms. The van der Waals surface area contributed by atoms with Crippen molar-refractivity contribution in [3.05, 3.63) is 24.0 Å². The van der Waals surface area contributed by atoms with Gasteiger partial charge in [0.05, 0.1) is 11.8 Å². The van der Waals surface area contributed by atoms with E-state index < -0.39 is 17.4 Å². The molecule has 1 saturated carbocycles. The summed E-state index contributed by atoms with van der Waals surface area (Å²) in [5.74, 6) is -1.85. The Kier molecular flexibility index (Phi) is 3.69. The third kappa shape index (κ3) is 2.67. The van der Waals surface area contributed by atoms with Crippen LogP contribution in [0.2, 0.25) is 0 Å². The van der Waals surface area contributed by atoms with Crippen LogP contribution >= 0.6 is 0 Å². The van der Waals surface area contributed by atoms with Crippen molar-refractivity contribution in [1.82, 2.24) is 10.3 Å². The van der Waals surface area contributed by atoms with Crippen molar-refractivity contribution >= 4 is 11.9 Å². The second-order valence-electron chi connectivity index (χ2n) is 4.79. The van der Waals surface area contributed by atoms with Crippen molar-refractivity contribution in [1.29, 1.82) is 0 Å². The summed E-state index contributed by atoms with van der Waals surface area (Å²) in [6.07, 6.45) is 5.89. The van der Waals surface area contributed by atoms with Gasteiger partial charge in [0.15, 0.2) is 0 Å². The summed E-state index contributed by atoms with van der Waals surface area (Å²) >= 11 is 0. The molecule has 0 unspecified atom stereocenters. The predicted octanol–water partition coefficient (Wildman–Crippen LogP) is 1.30. The number of aliphatic carboxylic acids is 1. The first kappa shape index (κ1) is 13.3. The molecule has 3 N–H and O–H groups in total. The number of aromatic hydroxyl groups is 1. The Morgan fingerprint density at radius 2 is 1.95 bits per heavy atom. The monoisotopic (exact) mass is 264 g/mol. The number of carboxylic acid groups (broad SMARTS) is 1. The van der Waals surface area contributed by atoms with E-state index in [4.69, 9.17) is 0 Å². The lowest BCUT2D eigenvalue weighted by Gasteiger charge is -2.34. The van der Waals surface area contributed by atoms with Gasteiger partial charge in [0.1, 0.15) is 11.3 Å². The van der Waals surface area contributed by atoms with Crippen LogP contribution in [0.1, 0.15) is 42.5 Å². The van der Waals surface area contributed by atoms with E-state index in [9.17, 15) is 19.8 Å². The minimum absolute atomic E-state index is 0.0428. The van der Waals surface area contributed by atoms with Crippen LogP contribution in [0.5, 0.6) is 5.75 Å². The number of rotatable bonds is 3.